The summed E-state index contributed by atoms with van der Waals surface area (Å²) in [7, 11) is 0. The van der Waals surface area contributed by atoms with Crippen molar-refractivity contribution < 1.29 is 14.6 Å². The molecule has 1 saturated heterocycles. The van der Waals surface area contributed by atoms with E-state index < -0.39 is 12.0 Å². The molecule has 1 amide bonds. The highest BCUT2D eigenvalue weighted by Crippen LogP contribution is 2.34. The minimum absolute atomic E-state index is 0.0730. The Morgan fingerprint density at radius 3 is 2.68 bits per heavy atom. The number of carbonyl (C=O) groups is 1. The van der Waals surface area contributed by atoms with Crippen molar-refractivity contribution in [3.63, 3.8) is 0 Å². The molecule has 1 unspecified atom stereocenters. The number of anilines is 1. The average Bonchev–Trinajstić information content (AvgIpc) is 3.43. The number of carbonyl (C=O) groups excluding carboxylic acids is 1. The number of aliphatic hydroxyl groups excluding tert-OH is 1. The van der Waals surface area contributed by atoms with Crippen molar-refractivity contribution in [1.29, 1.82) is 5.26 Å². The second kappa shape index (κ2) is 12.8. The molecular formula is C29H34N4O3S. The number of thiophene rings is 1. The maximum Gasteiger partial charge on any atom is 0.262 e. The van der Waals surface area contributed by atoms with E-state index in [-0.39, 0.29) is 12.1 Å². The molecule has 3 aromatic rings. The van der Waals surface area contributed by atoms with E-state index in [1.165, 1.54) is 5.39 Å². The SMILES string of the molecule is CCC(O)CNC(=O)/C(C#N)=C(\C)c1ccc(-c2ccc3cc(NCCN4CCOCC4)ccc3c2)s1. The Hall–Kier alpha value is -3.22. The summed E-state index contributed by atoms with van der Waals surface area (Å²) in [5.74, 6) is -0.456. The number of hydrogen-bond acceptors (Lipinski definition) is 7. The molecule has 1 fully saturated rings. The monoisotopic (exact) mass is 518 g/mol. The summed E-state index contributed by atoms with van der Waals surface area (Å²) >= 11 is 1.56. The number of morpholine rings is 1. The van der Waals surface area contributed by atoms with E-state index in [0.717, 1.165) is 65.8 Å². The van der Waals surface area contributed by atoms with Crippen molar-refractivity contribution in [2.75, 3.05) is 51.3 Å². The third-order valence-electron chi connectivity index (χ3n) is 6.64. The third-order valence-corrected chi connectivity index (χ3v) is 7.90. The van der Waals surface area contributed by atoms with Gasteiger partial charge in [-0.05, 0) is 65.6 Å². The lowest BCUT2D eigenvalue weighted by Gasteiger charge is -2.26. The van der Waals surface area contributed by atoms with Crippen molar-refractivity contribution in [2.45, 2.75) is 26.4 Å². The highest BCUT2D eigenvalue weighted by Gasteiger charge is 2.16. The van der Waals surface area contributed by atoms with Gasteiger partial charge in [0.15, 0.2) is 0 Å². The van der Waals surface area contributed by atoms with Crippen molar-refractivity contribution in [1.82, 2.24) is 10.2 Å². The van der Waals surface area contributed by atoms with Gasteiger partial charge in [-0.2, -0.15) is 5.26 Å². The Morgan fingerprint density at radius 1 is 1.16 bits per heavy atom. The standard InChI is InChI=1S/C29H34N4O3S/c1-3-25(34)19-32-29(35)26(18-30)20(2)27-8-9-28(37-27)23-5-4-22-17-24(7-6-21(22)16-23)31-10-11-33-12-14-36-15-13-33/h4-9,16-17,25,31,34H,3,10-15,19H2,1-2H3,(H,32,35)/b26-20+. The number of aliphatic hydroxyl groups is 1. The molecule has 0 radical (unpaired) electrons. The quantitative estimate of drug-likeness (QED) is 0.270. The Kier molecular flexibility index (Phi) is 9.31. The van der Waals surface area contributed by atoms with Crippen LogP contribution in [0.1, 0.15) is 25.1 Å². The van der Waals surface area contributed by atoms with Crippen molar-refractivity contribution in [3.8, 4) is 16.5 Å². The Morgan fingerprint density at radius 2 is 1.92 bits per heavy atom. The van der Waals surface area contributed by atoms with Crippen molar-refractivity contribution in [2.24, 2.45) is 0 Å². The molecule has 2 aromatic carbocycles. The number of nitriles is 1. The normalized spacial score (nSPS) is 15.6. The zero-order valence-corrected chi connectivity index (χ0v) is 22.2. The Labute approximate surface area is 222 Å². The number of allylic oxidation sites excluding steroid dienone is 1. The van der Waals surface area contributed by atoms with Crippen molar-refractivity contribution >= 4 is 39.3 Å². The molecule has 1 aromatic heterocycles. The fourth-order valence-electron chi connectivity index (χ4n) is 4.26. The summed E-state index contributed by atoms with van der Waals surface area (Å²) in [6.45, 7) is 9.29. The summed E-state index contributed by atoms with van der Waals surface area (Å²) in [4.78, 5) is 16.9. The lowest BCUT2D eigenvalue weighted by molar-refractivity contribution is -0.117. The van der Waals surface area contributed by atoms with Crippen LogP contribution in [0.5, 0.6) is 0 Å². The first kappa shape index (κ1) is 26.8. The second-order valence-corrected chi connectivity index (χ2v) is 10.3. The number of rotatable bonds is 10. The summed E-state index contributed by atoms with van der Waals surface area (Å²) in [6, 6.07) is 18.9. The van der Waals surface area contributed by atoms with E-state index in [1.54, 1.807) is 18.3 Å². The smallest absolute Gasteiger partial charge is 0.262 e. The van der Waals surface area contributed by atoms with Gasteiger partial charge in [-0.25, -0.2) is 0 Å². The van der Waals surface area contributed by atoms with Crippen LogP contribution in [-0.4, -0.2) is 68.0 Å². The maximum absolute atomic E-state index is 12.5. The Balaban J connectivity index is 1.44. The topological polar surface area (TPSA) is 97.6 Å². The molecule has 8 heteroatoms. The third kappa shape index (κ3) is 6.96. The minimum atomic E-state index is -0.618. The molecule has 7 nitrogen and oxygen atoms in total. The fourth-order valence-corrected chi connectivity index (χ4v) is 5.27. The first-order valence-electron chi connectivity index (χ1n) is 12.7. The predicted octanol–water partition coefficient (Wildman–Crippen LogP) is 4.50. The highest BCUT2D eigenvalue weighted by atomic mass is 32.1. The Bertz CT molecular complexity index is 1300. The van der Waals surface area contributed by atoms with Crippen LogP contribution in [0.2, 0.25) is 0 Å². The zero-order valence-electron chi connectivity index (χ0n) is 21.4. The van der Waals surface area contributed by atoms with Gasteiger partial charge in [0.2, 0.25) is 0 Å². The van der Waals surface area contributed by atoms with E-state index in [1.807, 2.05) is 25.1 Å². The summed E-state index contributed by atoms with van der Waals surface area (Å²) in [6.07, 6.45) is -0.0788. The molecule has 0 saturated carbocycles. The van der Waals surface area contributed by atoms with Gasteiger partial charge in [-0.3, -0.25) is 9.69 Å². The number of hydrogen-bond donors (Lipinski definition) is 3. The fraction of sp³-hybridized carbons (Fsp3) is 0.379. The molecular weight excluding hydrogens is 484 g/mol. The summed E-state index contributed by atoms with van der Waals surface area (Å²) < 4.78 is 5.41. The van der Waals surface area contributed by atoms with Crippen LogP contribution in [0.25, 0.3) is 26.8 Å². The molecule has 4 rings (SSSR count). The molecule has 0 aliphatic carbocycles. The molecule has 1 aliphatic heterocycles. The van der Waals surface area contributed by atoms with Gasteiger partial charge in [0.1, 0.15) is 11.6 Å². The zero-order chi connectivity index (χ0) is 26.2. The van der Waals surface area contributed by atoms with Crippen LogP contribution in [0.4, 0.5) is 5.69 Å². The molecule has 0 spiro atoms. The molecule has 1 atom stereocenters. The van der Waals surface area contributed by atoms with Gasteiger partial charge in [0, 0.05) is 48.2 Å². The van der Waals surface area contributed by atoms with E-state index in [9.17, 15) is 15.2 Å². The first-order chi connectivity index (χ1) is 18.0. The molecule has 194 valence electrons. The first-order valence-corrected chi connectivity index (χ1v) is 13.6. The average molecular weight is 519 g/mol. The van der Waals surface area contributed by atoms with Crippen LogP contribution in [-0.2, 0) is 9.53 Å². The van der Waals surface area contributed by atoms with Gasteiger partial charge in [0.05, 0.1) is 19.3 Å². The highest BCUT2D eigenvalue weighted by molar-refractivity contribution is 7.16. The number of fused-ring (bicyclic) bond motifs is 1. The van der Waals surface area contributed by atoms with E-state index in [2.05, 4.69) is 51.9 Å². The summed E-state index contributed by atoms with van der Waals surface area (Å²) in [5, 5.41) is 27.8. The number of amides is 1. The molecule has 0 bridgehead atoms. The van der Waals surface area contributed by atoms with E-state index in [0.29, 0.717) is 12.0 Å². The number of benzene rings is 2. The van der Waals surface area contributed by atoms with E-state index >= 15 is 0 Å². The van der Waals surface area contributed by atoms with Gasteiger partial charge in [-0.1, -0.05) is 25.1 Å². The summed E-state index contributed by atoms with van der Waals surface area (Å²) in [5.41, 5.74) is 2.92. The van der Waals surface area contributed by atoms with Crippen LogP contribution in [0.3, 0.4) is 0 Å². The van der Waals surface area contributed by atoms with Crippen LogP contribution < -0.4 is 10.6 Å². The van der Waals surface area contributed by atoms with Gasteiger partial charge in [-0.15, -0.1) is 11.3 Å². The molecule has 1 aliphatic rings. The van der Waals surface area contributed by atoms with Gasteiger partial charge in [0.25, 0.3) is 5.91 Å². The lowest BCUT2D eigenvalue weighted by atomic mass is 10.1. The maximum atomic E-state index is 12.5. The molecule has 2 heterocycles. The van der Waals surface area contributed by atoms with E-state index in [4.69, 9.17) is 4.74 Å². The second-order valence-electron chi connectivity index (χ2n) is 9.21. The van der Waals surface area contributed by atoms with Gasteiger partial charge >= 0.3 is 0 Å². The lowest BCUT2D eigenvalue weighted by Crippen LogP contribution is -2.38. The van der Waals surface area contributed by atoms with Crippen LogP contribution in [0, 0.1) is 11.3 Å². The van der Waals surface area contributed by atoms with Crippen LogP contribution in [0.15, 0.2) is 54.1 Å². The number of ether oxygens (including phenoxy) is 1. The minimum Gasteiger partial charge on any atom is -0.391 e. The number of nitrogens with one attached hydrogen (secondary N) is 2. The number of nitrogens with zero attached hydrogens (tertiary/aromatic N) is 2. The molecule has 37 heavy (non-hydrogen) atoms. The van der Waals surface area contributed by atoms with Gasteiger partial charge < -0.3 is 20.5 Å². The largest absolute Gasteiger partial charge is 0.391 e. The molecule has 3 N–H and O–H groups in total. The predicted molar refractivity (Wildman–Crippen MR) is 151 cm³/mol. The van der Waals surface area contributed by atoms with Crippen molar-refractivity contribution in [3.05, 3.63) is 59.0 Å². The van der Waals surface area contributed by atoms with Crippen LogP contribution >= 0.6 is 11.3 Å².